The Morgan fingerprint density at radius 1 is 0.917 bits per heavy atom. The quantitative estimate of drug-likeness (QED) is 0.350. The number of benzene rings is 2. The van der Waals surface area contributed by atoms with Crippen LogP contribution in [0, 0.1) is 17.5 Å². The van der Waals surface area contributed by atoms with E-state index in [4.69, 9.17) is 11.6 Å². The number of carbonyl (C=O) groups is 2. The topological polar surface area (TPSA) is 43.4 Å². The van der Waals surface area contributed by atoms with Crippen molar-refractivity contribution in [1.82, 2.24) is 0 Å². The van der Waals surface area contributed by atoms with E-state index in [0.29, 0.717) is 0 Å². The zero-order valence-corrected chi connectivity index (χ0v) is 12.2. The lowest BCUT2D eigenvalue weighted by Crippen LogP contribution is -2.25. The molecule has 126 valence electrons. The molecule has 0 bridgehead atoms. The second-order valence-electron chi connectivity index (χ2n) is 4.45. The highest BCUT2D eigenvalue weighted by molar-refractivity contribution is 6.68. The van der Waals surface area contributed by atoms with E-state index in [-0.39, 0.29) is 12.1 Å². The van der Waals surface area contributed by atoms with Gasteiger partial charge in [0, 0.05) is 5.56 Å². The molecule has 2 aromatic rings. The molecule has 9 heteroatoms. The summed E-state index contributed by atoms with van der Waals surface area (Å²) in [4.78, 5) is 23.0. The summed E-state index contributed by atoms with van der Waals surface area (Å²) >= 11 is 5.22. The van der Waals surface area contributed by atoms with Gasteiger partial charge in [-0.15, -0.1) is 0 Å². The Morgan fingerprint density at radius 3 is 2.08 bits per heavy atom. The number of hydrogen-bond acceptors (Lipinski definition) is 3. The number of rotatable bonds is 4. The van der Waals surface area contributed by atoms with E-state index >= 15 is 0 Å². The van der Waals surface area contributed by atoms with E-state index in [2.05, 4.69) is 4.74 Å². The van der Waals surface area contributed by atoms with Crippen LogP contribution in [0.3, 0.4) is 0 Å². The first-order chi connectivity index (χ1) is 11.1. The van der Waals surface area contributed by atoms with Crippen molar-refractivity contribution in [2.75, 3.05) is 0 Å². The second kappa shape index (κ2) is 6.56. The van der Waals surface area contributed by atoms with Crippen LogP contribution in [0.4, 0.5) is 22.0 Å². The van der Waals surface area contributed by atoms with Gasteiger partial charge < -0.3 is 4.74 Å². The van der Waals surface area contributed by atoms with Crippen LogP contribution in [0.15, 0.2) is 36.4 Å². The summed E-state index contributed by atoms with van der Waals surface area (Å²) < 4.78 is 71.0. The van der Waals surface area contributed by atoms with Gasteiger partial charge in [-0.25, -0.2) is 18.0 Å². The molecule has 0 aliphatic carbocycles. The molecule has 0 unspecified atom stereocenters. The van der Waals surface area contributed by atoms with Crippen molar-refractivity contribution in [2.24, 2.45) is 0 Å². The molecule has 24 heavy (non-hydrogen) atoms. The van der Waals surface area contributed by atoms with E-state index in [1.807, 2.05) is 0 Å². The van der Waals surface area contributed by atoms with Crippen molar-refractivity contribution in [1.29, 1.82) is 0 Å². The molecular weight excluding hydrogens is 359 g/mol. The SMILES string of the molecule is O=C(Cl)c1ccccc1C(=O)OC(F)(F)c1ccc(F)c(F)c1F. The van der Waals surface area contributed by atoms with Crippen LogP contribution in [-0.4, -0.2) is 11.2 Å². The number of carbonyl (C=O) groups excluding carboxylic acids is 2. The van der Waals surface area contributed by atoms with Gasteiger partial charge in [-0.1, -0.05) is 12.1 Å². The first-order valence-corrected chi connectivity index (χ1v) is 6.57. The summed E-state index contributed by atoms with van der Waals surface area (Å²) in [6.45, 7) is 0. The Hall–Kier alpha value is -2.48. The molecule has 0 fully saturated rings. The van der Waals surface area contributed by atoms with Crippen molar-refractivity contribution in [2.45, 2.75) is 6.11 Å². The van der Waals surface area contributed by atoms with Crippen molar-refractivity contribution in [3.8, 4) is 0 Å². The van der Waals surface area contributed by atoms with Crippen LogP contribution in [-0.2, 0) is 10.8 Å². The molecule has 3 nitrogen and oxygen atoms in total. The summed E-state index contributed by atoms with van der Waals surface area (Å²) in [6, 6.07) is 5.12. The second-order valence-corrected chi connectivity index (χ2v) is 4.79. The van der Waals surface area contributed by atoms with Crippen LogP contribution < -0.4 is 0 Å². The third-order valence-electron chi connectivity index (χ3n) is 2.93. The molecule has 0 amide bonds. The fourth-order valence-electron chi connectivity index (χ4n) is 1.81. The van der Waals surface area contributed by atoms with Crippen molar-refractivity contribution >= 4 is 22.8 Å². The van der Waals surface area contributed by atoms with Crippen molar-refractivity contribution in [3.05, 3.63) is 70.5 Å². The Morgan fingerprint density at radius 2 is 1.50 bits per heavy atom. The first kappa shape index (κ1) is 17.9. The molecule has 2 aromatic carbocycles. The van der Waals surface area contributed by atoms with Gasteiger partial charge >= 0.3 is 12.1 Å². The maximum Gasteiger partial charge on any atom is 0.431 e. The molecule has 0 radical (unpaired) electrons. The maximum absolute atomic E-state index is 13.9. The van der Waals surface area contributed by atoms with Crippen LogP contribution >= 0.6 is 11.6 Å². The molecule has 2 rings (SSSR count). The van der Waals surface area contributed by atoms with Crippen LogP contribution in [0.25, 0.3) is 0 Å². The third-order valence-corrected chi connectivity index (χ3v) is 3.13. The van der Waals surface area contributed by atoms with Gasteiger partial charge in [0.1, 0.15) is 5.56 Å². The van der Waals surface area contributed by atoms with Gasteiger partial charge in [-0.3, -0.25) is 4.79 Å². The zero-order valence-electron chi connectivity index (χ0n) is 11.5. The third kappa shape index (κ3) is 3.38. The van der Waals surface area contributed by atoms with Gasteiger partial charge in [-0.2, -0.15) is 8.78 Å². The zero-order chi connectivity index (χ0) is 18.1. The monoisotopic (exact) mass is 364 g/mol. The predicted molar refractivity (Wildman–Crippen MR) is 72.3 cm³/mol. The lowest BCUT2D eigenvalue weighted by Gasteiger charge is -2.18. The minimum Gasteiger partial charge on any atom is -0.393 e. The maximum atomic E-state index is 13.9. The van der Waals surface area contributed by atoms with Gasteiger partial charge in [0.25, 0.3) is 5.24 Å². The molecule has 0 atom stereocenters. The number of ether oxygens (including phenoxy) is 1. The van der Waals surface area contributed by atoms with Crippen molar-refractivity contribution < 1.29 is 36.3 Å². The summed E-state index contributed by atoms with van der Waals surface area (Å²) in [5.41, 5.74) is -2.68. The number of alkyl halides is 2. The molecule has 0 N–H and O–H groups in total. The minimum atomic E-state index is -4.61. The lowest BCUT2D eigenvalue weighted by molar-refractivity contribution is -0.211. The first-order valence-electron chi connectivity index (χ1n) is 6.19. The highest BCUT2D eigenvalue weighted by atomic mass is 35.5. The van der Waals surface area contributed by atoms with Crippen molar-refractivity contribution in [3.63, 3.8) is 0 Å². The number of hydrogen-bond donors (Lipinski definition) is 0. The summed E-state index contributed by atoms with van der Waals surface area (Å²) in [5.74, 6) is -7.72. The fourth-order valence-corrected chi connectivity index (χ4v) is 1.97. The van der Waals surface area contributed by atoms with Crippen LogP contribution in [0.2, 0.25) is 0 Å². The van der Waals surface area contributed by atoms with E-state index in [1.54, 1.807) is 0 Å². The molecule has 0 heterocycles. The molecular formula is C15H6ClF5O3. The molecule has 0 saturated heterocycles. The standard InChI is InChI=1S/C15H6ClF5O3/c16-13(22)7-3-1-2-4-8(7)14(23)24-15(20,21)9-5-6-10(17)12(19)11(9)18/h1-6H. The molecule has 0 spiro atoms. The van der Waals surface area contributed by atoms with Gasteiger partial charge in [0.05, 0.1) is 5.56 Å². The summed E-state index contributed by atoms with van der Waals surface area (Å²) in [6.07, 6.45) is -4.61. The Kier molecular flexibility index (Phi) is 4.88. The van der Waals surface area contributed by atoms with E-state index in [1.165, 1.54) is 12.1 Å². The minimum absolute atomic E-state index is 0.236. The lowest BCUT2D eigenvalue weighted by atomic mass is 10.1. The van der Waals surface area contributed by atoms with Gasteiger partial charge in [0.15, 0.2) is 17.5 Å². The van der Waals surface area contributed by atoms with Crippen LogP contribution in [0.1, 0.15) is 26.3 Å². The van der Waals surface area contributed by atoms with E-state index < -0.39 is 51.5 Å². The predicted octanol–water partition coefficient (Wildman–Crippen LogP) is 4.39. The normalized spacial score (nSPS) is 11.2. The molecule has 0 saturated carbocycles. The number of esters is 1. The Bertz CT molecular complexity index is 823. The van der Waals surface area contributed by atoms with Crippen LogP contribution in [0.5, 0.6) is 0 Å². The number of halogens is 6. The largest absolute Gasteiger partial charge is 0.431 e. The highest BCUT2D eigenvalue weighted by Gasteiger charge is 2.41. The molecule has 0 aromatic heterocycles. The molecule has 0 aliphatic rings. The van der Waals surface area contributed by atoms with Gasteiger partial charge in [-0.05, 0) is 35.9 Å². The molecule has 0 aliphatic heterocycles. The highest BCUT2D eigenvalue weighted by Crippen LogP contribution is 2.34. The smallest absolute Gasteiger partial charge is 0.393 e. The van der Waals surface area contributed by atoms with E-state index in [0.717, 1.165) is 12.1 Å². The van der Waals surface area contributed by atoms with Gasteiger partial charge in [0.2, 0.25) is 0 Å². The average Bonchev–Trinajstić information content (AvgIpc) is 2.51. The fraction of sp³-hybridized carbons (Fsp3) is 0.0667. The Labute approximate surface area is 136 Å². The Balaban J connectivity index is 2.38. The summed E-state index contributed by atoms with van der Waals surface area (Å²) in [5, 5.41) is -1.11. The van der Waals surface area contributed by atoms with E-state index in [9.17, 15) is 31.5 Å². The average molecular weight is 365 g/mol. The summed E-state index contributed by atoms with van der Waals surface area (Å²) in [7, 11) is 0.